The minimum Gasteiger partial charge on any atom is -0.333 e. The van der Waals surface area contributed by atoms with Gasteiger partial charge in [-0.3, -0.25) is 4.79 Å². The van der Waals surface area contributed by atoms with Gasteiger partial charge in [0.15, 0.2) is 5.01 Å². The molecule has 0 N–H and O–H groups in total. The number of nitrogens with zero attached hydrogens (tertiary/aromatic N) is 2. The molecule has 4 rings (SSSR count). The fraction of sp³-hybridized carbons (Fsp3) is 0.158. The van der Waals surface area contributed by atoms with Crippen LogP contribution < -0.4 is 0 Å². The molecule has 3 nitrogen and oxygen atoms in total. The molecule has 1 aliphatic rings. The van der Waals surface area contributed by atoms with Crippen molar-refractivity contribution < 1.29 is 4.79 Å². The van der Waals surface area contributed by atoms with Crippen LogP contribution >= 0.6 is 22.7 Å². The van der Waals surface area contributed by atoms with Gasteiger partial charge in [-0.05, 0) is 41.5 Å². The molecule has 0 saturated heterocycles. The molecule has 0 unspecified atom stereocenters. The van der Waals surface area contributed by atoms with Gasteiger partial charge < -0.3 is 4.90 Å². The SMILES string of the molecule is O=C(c1cnc(C#Cc2ccccc2)s1)N1CCc2sccc2C1. The van der Waals surface area contributed by atoms with Gasteiger partial charge in [0.2, 0.25) is 0 Å². The number of benzene rings is 1. The van der Waals surface area contributed by atoms with E-state index in [0.29, 0.717) is 16.4 Å². The molecule has 1 amide bonds. The molecule has 0 bridgehead atoms. The maximum Gasteiger partial charge on any atom is 0.265 e. The Morgan fingerprint density at radius 3 is 2.92 bits per heavy atom. The molecular weight excluding hydrogens is 336 g/mol. The van der Waals surface area contributed by atoms with Gasteiger partial charge in [-0.2, -0.15) is 0 Å². The fourth-order valence-corrected chi connectivity index (χ4v) is 4.28. The minimum absolute atomic E-state index is 0.0529. The average Bonchev–Trinajstić information content (AvgIpc) is 3.29. The van der Waals surface area contributed by atoms with Crippen molar-refractivity contribution in [2.75, 3.05) is 6.54 Å². The Morgan fingerprint density at radius 1 is 1.17 bits per heavy atom. The third kappa shape index (κ3) is 3.12. The normalized spacial score (nSPS) is 13.1. The standard InChI is InChI=1S/C19H14N2OS2/c22-19(21-10-8-16-15(13-21)9-11-23-16)17-12-20-18(24-17)7-6-14-4-2-1-3-5-14/h1-5,9,11-12H,8,10,13H2. The molecule has 0 fully saturated rings. The molecule has 0 aliphatic carbocycles. The highest BCUT2D eigenvalue weighted by molar-refractivity contribution is 7.14. The van der Waals surface area contributed by atoms with Crippen LogP contribution in [0.1, 0.15) is 30.7 Å². The van der Waals surface area contributed by atoms with Gasteiger partial charge in [0.1, 0.15) is 4.88 Å². The van der Waals surface area contributed by atoms with E-state index in [1.165, 1.54) is 21.8 Å². The van der Waals surface area contributed by atoms with Crippen molar-refractivity contribution in [2.45, 2.75) is 13.0 Å². The summed E-state index contributed by atoms with van der Waals surface area (Å²) in [6.07, 6.45) is 2.59. The van der Waals surface area contributed by atoms with Crippen molar-refractivity contribution in [1.29, 1.82) is 0 Å². The van der Waals surface area contributed by atoms with Gasteiger partial charge in [0.05, 0.1) is 6.20 Å². The van der Waals surface area contributed by atoms with Crippen molar-refractivity contribution in [3.8, 4) is 11.8 Å². The number of thiazole rings is 1. The van der Waals surface area contributed by atoms with E-state index < -0.39 is 0 Å². The summed E-state index contributed by atoms with van der Waals surface area (Å²) in [5.41, 5.74) is 2.22. The number of carbonyl (C=O) groups excluding carboxylic acids is 1. The maximum atomic E-state index is 12.7. The summed E-state index contributed by atoms with van der Waals surface area (Å²) in [5.74, 6) is 6.17. The molecule has 2 aromatic heterocycles. The minimum atomic E-state index is 0.0529. The highest BCUT2D eigenvalue weighted by atomic mass is 32.1. The quantitative estimate of drug-likeness (QED) is 0.626. The molecule has 0 spiro atoms. The number of hydrogen-bond acceptors (Lipinski definition) is 4. The number of aromatic nitrogens is 1. The fourth-order valence-electron chi connectivity index (χ4n) is 2.66. The van der Waals surface area contributed by atoms with Crippen LogP contribution in [0.4, 0.5) is 0 Å². The third-order valence-corrected chi connectivity index (χ3v) is 5.82. The van der Waals surface area contributed by atoms with E-state index in [2.05, 4.69) is 28.3 Å². The van der Waals surface area contributed by atoms with Crippen molar-refractivity contribution in [3.63, 3.8) is 0 Å². The van der Waals surface area contributed by atoms with E-state index in [1.807, 2.05) is 35.2 Å². The number of hydrogen-bond donors (Lipinski definition) is 0. The lowest BCUT2D eigenvalue weighted by atomic mass is 10.1. The molecule has 3 aromatic rings. The summed E-state index contributed by atoms with van der Waals surface area (Å²) in [7, 11) is 0. The second-order valence-electron chi connectivity index (χ2n) is 5.49. The van der Waals surface area contributed by atoms with Crippen LogP contribution in [0.15, 0.2) is 48.0 Å². The van der Waals surface area contributed by atoms with Gasteiger partial charge in [-0.15, -0.1) is 22.7 Å². The Balaban J connectivity index is 1.49. The van der Waals surface area contributed by atoms with E-state index in [-0.39, 0.29) is 5.91 Å². The van der Waals surface area contributed by atoms with Crippen LogP contribution in [0.3, 0.4) is 0 Å². The summed E-state index contributed by atoms with van der Waals surface area (Å²) in [5, 5.41) is 2.78. The van der Waals surface area contributed by atoms with Crippen LogP contribution in [0.5, 0.6) is 0 Å². The Hall–Kier alpha value is -2.42. The van der Waals surface area contributed by atoms with Gasteiger partial charge in [-0.25, -0.2) is 4.98 Å². The first-order valence-electron chi connectivity index (χ1n) is 7.67. The smallest absolute Gasteiger partial charge is 0.265 e. The number of amides is 1. The van der Waals surface area contributed by atoms with Crippen molar-refractivity contribution >= 4 is 28.6 Å². The Kier molecular flexibility index (Phi) is 4.16. The monoisotopic (exact) mass is 350 g/mol. The first-order chi connectivity index (χ1) is 11.8. The average molecular weight is 350 g/mol. The van der Waals surface area contributed by atoms with E-state index in [4.69, 9.17) is 0 Å². The first-order valence-corrected chi connectivity index (χ1v) is 9.36. The summed E-state index contributed by atoms with van der Waals surface area (Å²) < 4.78 is 0. The first kappa shape index (κ1) is 15.1. The van der Waals surface area contributed by atoms with E-state index in [9.17, 15) is 4.79 Å². The van der Waals surface area contributed by atoms with Crippen LogP contribution in [-0.4, -0.2) is 22.3 Å². The van der Waals surface area contributed by atoms with Crippen LogP contribution in [-0.2, 0) is 13.0 Å². The molecule has 0 saturated carbocycles. The molecule has 3 heterocycles. The topological polar surface area (TPSA) is 33.2 Å². The molecule has 1 aliphatic heterocycles. The third-order valence-electron chi connectivity index (χ3n) is 3.90. The Morgan fingerprint density at radius 2 is 2.04 bits per heavy atom. The van der Waals surface area contributed by atoms with Gasteiger partial charge in [-0.1, -0.05) is 24.1 Å². The highest BCUT2D eigenvalue weighted by Crippen LogP contribution is 2.26. The molecule has 24 heavy (non-hydrogen) atoms. The molecule has 0 atom stereocenters. The molecule has 5 heteroatoms. The lowest BCUT2D eigenvalue weighted by molar-refractivity contribution is 0.0740. The van der Waals surface area contributed by atoms with E-state index in [1.54, 1.807) is 17.5 Å². The predicted octanol–water partition coefficient (Wildman–Crippen LogP) is 3.80. The summed E-state index contributed by atoms with van der Waals surface area (Å²) in [6, 6.07) is 11.9. The number of rotatable bonds is 1. The summed E-state index contributed by atoms with van der Waals surface area (Å²) in [6.45, 7) is 1.47. The van der Waals surface area contributed by atoms with Crippen molar-refractivity contribution in [1.82, 2.24) is 9.88 Å². The van der Waals surface area contributed by atoms with Crippen LogP contribution in [0.25, 0.3) is 0 Å². The van der Waals surface area contributed by atoms with E-state index in [0.717, 1.165) is 18.5 Å². The molecule has 118 valence electrons. The van der Waals surface area contributed by atoms with Crippen LogP contribution in [0, 0.1) is 11.8 Å². The number of thiophene rings is 1. The summed E-state index contributed by atoms with van der Waals surface area (Å²) in [4.78, 5) is 20.9. The lowest BCUT2D eigenvalue weighted by Crippen LogP contribution is -2.34. The number of fused-ring (bicyclic) bond motifs is 1. The van der Waals surface area contributed by atoms with Gasteiger partial charge >= 0.3 is 0 Å². The molecule has 1 aromatic carbocycles. The van der Waals surface area contributed by atoms with Crippen molar-refractivity contribution in [3.05, 3.63) is 73.9 Å². The zero-order chi connectivity index (χ0) is 16.4. The number of carbonyl (C=O) groups is 1. The highest BCUT2D eigenvalue weighted by Gasteiger charge is 2.23. The van der Waals surface area contributed by atoms with Gasteiger partial charge in [0.25, 0.3) is 5.91 Å². The van der Waals surface area contributed by atoms with Gasteiger partial charge in [0, 0.05) is 23.5 Å². The Labute approximate surface area is 148 Å². The molecule has 0 radical (unpaired) electrons. The zero-order valence-electron chi connectivity index (χ0n) is 12.9. The second kappa shape index (κ2) is 6.60. The largest absolute Gasteiger partial charge is 0.333 e. The lowest BCUT2D eigenvalue weighted by Gasteiger charge is -2.26. The summed E-state index contributed by atoms with van der Waals surface area (Å²) >= 11 is 3.14. The predicted molar refractivity (Wildman–Crippen MR) is 97.3 cm³/mol. The Bertz CT molecular complexity index is 931. The molecular formula is C19H14N2OS2. The maximum absolute atomic E-state index is 12.7. The van der Waals surface area contributed by atoms with E-state index >= 15 is 0 Å². The zero-order valence-corrected chi connectivity index (χ0v) is 14.5. The second-order valence-corrected chi connectivity index (χ2v) is 7.52. The van der Waals surface area contributed by atoms with Crippen molar-refractivity contribution in [2.24, 2.45) is 0 Å². The van der Waals surface area contributed by atoms with Crippen LogP contribution in [0.2, 0.25) is 0 Å².